The lowest BCUT2D eigenvalue weighted by molar-refractivity contribution is 0.285. The molecular weight excluding hydrogens is 500 g/mol. The molecule has 1 atom stereocenters. The number of ether oxygens (including phenoxy) is 1. The first-order valence-electron chi connectivity index (χ1n) is 12.2. The minimum Gasteiger partial charge on any atom is -0.486 e. The van der Waals surface area contributed by atoms with E-state index in [1.165, 1.54) is 16.6 Å². The van der Waals surface area contributed by atoms with Crippen molar-refractivity contribution in [3.63, 3.8) is 0 Å². The molecule has 0 saturated carbocycles. The molecule has 5 rings (SSSR count). The van der Waals surface area contributed by atoms with E-state index in [4.69, 9.17) is 4.74 Å². The number of sulfonamides is 1. The molecule has 1 N–H and O–H groups in total. The van der Waals surface area contributed by atoms with Crippen molar-refractivity contribution in [2.24, 2.45) is 0 Å². The molecule has 3 aromatic rings. The number of hydrogen-bond donors (Lipinski definition) is 1. The second-order valence-electron chi connectivity index (χ2n) is 9.45. The Morgan fingerprint density at radius 1 is 1.14 bits per heavy atom. The summed E-state index contributed by atoms with van der Waals surface area (Å²) >= 11 is 0. The van der Waals surface area contributed by atoms with E-state index in [9.17, 15) is 12.8 Å². The van der Waals surface area contributed by atoms with Gasteiger partial charge in [0.25, 0.3) is 0 Å². The van der Waals surface area contributed by atoms with Gasteiger partial charge in [-0.3, -0.25) is 0 Å². The number of aromatic nitrogens is 2. The van der Waals surface area contributed by atoms with E-state index in [2.05, 4.69) is 34.0 Å². The van der Waals surface area contributed by atoms with Crippen LogP contribution in [0.3, 0.4) is 0 Å². The van der Waals surface area contributed by atoms with Crippen LogP contribution in [0, 0.1) is 11.6 Å². The highest BCUT2D eigenvalue weighted by atomic mass is 32.2. The van der Waals surface area contributed by atoms with Crippen LogP contribution in [-0.4, -0.2) is 54.7 Å². The van der Waals surface area contributed by atoms with Crippen molar-refractivity contribution >= 4 is 27.3 Å². The summed E-state index contributed by atoms with van der Waals surface area (Å²) in [6.45, 7) is 5.86. The van der Waals surface area contributed by atoms with Gasteiger partial charge in [0, 0.05) is 30.4 Å². The quantitative estimate of drug-likeness (QED) is 0.504. The fourth-order valence-electron chi connectivity index (χ4n) is 4.76. The molecule has 3 heterocycles. The minimum atomic E-state index is -3.26. The van der Waals surface area contributed by atoms with Gasteiger partial charge in [0.15, 0.2) is 17.4 Å². The third-order valence-corrected chi connectivity index (χ3v) is 8.21. The van der Waals surface area contributed by atoms with E-state index in [1.54, 1.807) is 12.1 Å². The maximum absolute atomic E-state index is 15.0. The van der Waals surface area contributed by atoms with E-state index in [-0.39, 0.29) is 23.4 Å². The summed E-state index contributed by atoms with van der Waals surface area (Å²) in [6.07, 6.45) is 3.72. The van der Waals surface area contributed by atoms with E-state index in [0.717, 1.165) is 23.7 Å². The predicted molar refractivity (Wildman–Crippen MR) is 139 cm³/mol. The maximum Gasteiger partial charge on any atom is 0.227 e. The van der Waals surface area contributed by atoms with Crippen molar-refractivity contribution < 1.29 is 21.9 Å². The molecule has 1 unspecified atom stereocenters. The predicted octanol–water partition coefficient (Wildman–Crippen LogP) is 4.48. The molecule has 0 radical (unpaired) electrons. The molecule has 0 saturated heterocycles. The fourth-order valence-corrected chi connectivity index (χ4v) is 5.56. The molecule has 8 nitrogen and oxygen atoms in total. The van der Waals surface area contributed by atoms with E-state index in [0.29, 0.717) is 49.6 Å². The summed E-state index contributed by atoms with van der Waals surface area (Å²) in [6, 6.07) is 8.70. The Balaban J connectivity index is 1.44. The van der Waals surface area contributed by atoms with Crippen LogP contribution in [-0.2, 0) is 23.0 Å². The molecule has 1 aromatic heterocycles. The number of halogens is 2. The summed E-state index contributed by atoms with van der Waals surface area (Å²) in [7, 11) is -3.26. The number of rotatable bonds is 6. The standard InChI is InChI=1S/C26H29F2N5O3S/c1-4-16(2)33-9-10-36-25-21(27)12-19(13-23(25)33)24-22(28)14-29-26(31-24)30-20-6-5-18-15-32(37(3,34)35)8-7-17(18)11-20/h5-6,11-14,16H,4,7-10,15H2,1-3H3,(H,29,30,31). The van der Waals surface area contributed by atoms with Crippen molar-refractivity contribution in [3.05, 3.63) is 59.3 Å². The second kappa shape index (κ2) is 9.86. The molecular formula is C26H29F2N5O3S. The average Bonchev–Trinajstić information content (AvgIpc) is 2.88. The molecule has 2 aliphatic heterocycles. The van der Waals surface area contributed by atoms with Crippen molar-refractivity contribution in [2.45, 2.75) is 39.3 Å². The minimum absolute atomic E-state index is 0.0179. The van der Waals surface area contributed by atoms with Gasteiger partial charge in [0.1, 0.15) is 12.3 Å². The monoisotopic (exact) mass is 529 g/mol. The normalized spacial score (nSPS) is 16.5. The summed E-state index contributed by atoms with van der Waals surface area (Å²) < 4.78 is 60.7. The number of benzene rings is 2. The second-order valence-corrected chi connectivity index (χ2v) is 11.4. The first-order chi connectivity index (χ1) is 17.6. The molecule has 0 aliphatic carbocycles. The average molecular weight is 530 g/mol. The smallest absolute Gasteiger partial charge is 0.227 e. The van der Waals surface area contributed by atoms with Crippen LogP contribution < -0.4 is 15.0 Å². The zero-order valence-corrected chi connectivity index (χ0v) is 21.8. The number of nitrogens with zero attached hydrogens (tertiary/aromatic N) is 4. The zero-order chi connectivity index (χ0) is 26.3. The summed E-state index contributed by atoms with van der Waals surface area (Å²) in [5, 5.41) is 3.10. The molecule has 0 amide bonds. The Morgan fingerprint density at radius 3 is 2.70 bits per heavy atom. The summed E-state index contributed by atoms with van der Waals surface area (Å²) in [5.41, 5.74) is 3.51. The maximum atomic E-state index is 15.0. The molecule has 2 aliphatic rings. The Hall–Kier alpha value is -3.31. The SMILES string of the molecule is CCC(C)N1CCOc2c(F)cc(-c3nc(Nc4ccc5c(c4)CCN(S(C)(=O)=O)C5)ncc3F)cc21. The highest BCUT2D eigenvalue weighted by Crippen LogP contribution is 2.40. The third-order valence-electron chi connectivity index (χ3n) is 6.96. The number of hydrogen-bond acceptors (Lipinski definition) is 7. The number of anilines is 3. The first kappa shape index (κ1) is 25.3. The lowest BCUT2D eigenvalue weighted by Crippen LogP contribution is -2.39. The Morgan fingerprint density at radius 2 is 1.95 bits per heavy atom. The molecule has 0 fully saturated rings. The van der Waals surface area contributed by atoms with Gasteiger partial charge in [-0.25, -0.2) is 27.2 Å². The van der Waals surface area contributed by atoms with Crippen molar-refractivity contribution in [3.8, 4) is 17.0 Å². The molecule has 2 aromatic carbocycles. The molecule has 196 valence electrons. The van der Waals surface area contributed by atoms with Gasteiger partial charge in [-0.2, -0.15) is 4.31 Å². The van der Waals surface area contributed by atoms with Gasteiger partial charge in [-0.05, 0) is 55.2 Å². The number of nitrogens with one attached hydrogen (secondary N) is 1. The van der Waals surface area contributed by atoms with Gasteiger partial charge >= 0.3 is 0 Å². The summed E-state index contributed by atoms with van der Waals surface area (Å²) in [4.78, 5) is 10.5. The van der Waals surface area contributed by atoms with E-state index < -0.39 is 21.7 Å². The lowest BCUT2D eigenvalue weighted by Gasteiger charge is -2.36. The van der Waals surface area contributed by atoms with Gasteiger partial charge in [-0.1, -0.05) is 13.0 Å². The van der Waals surface area contributed by atoms with Crippen molar-refractivity contribution in [1.82, 2.24) is 14.3 Å². The van der Waals surface area contributed by atoms with Crippen molar-refractivity contribution in [2.75, 3.05) is 36.2 Å². The molecule has 37 heavy (non-hydrogen) atoms. The fraction of sp³-hybridized carbons (Fsp3) is 0.385. The highest BCUT2D eigenvalue weighted by Gasteiger charge is 2.27. The van der Waals surface area contributed by atoms with Crippen LogP contribution in [0.2, 0.25) is 0 Å². The number of fused-ring (bicyclic) bond motifs is 2. The van der Waals surface area contributed by atoms with Gasteiger partial charge < -0.3 is 15.0 Å². The lowest BCUT2D eigenvalue weighted by atomic mass is 10.0. The topological polar surface area (TPSA) is 87.7 Å². The molecule has 0 spiro atoms. The van der Waals surface area contributed by atoms with E-state index >= 15 is 4.39 Å². The van der Waals surface area contributed by atoms with Crippen LogP contribution in [0.15, 0.2) is 36.5 Å². The first-order valence-corrected chi connectivity index (χ1v) is 14.1. The highest BCUT2D eigenvalue weighted by molar-refractivity contribution is 7.88. The Labute approximate surface area is 215 Å². The third kappa shape index (κ3) is 5.10. The van der Waals surface area contributed by atoms with Crippen LogP contribution in [0.25, 0.3) is 11.3 Å². The van der Waals surface area contributed by atoms with Crippen LogP contribution >= 0.6 is 0 Å². The van der Waals surface area contributed by atoms with Crippen molar-refractivity contribution in [1.29, 1.82) is 0 Å². The van der Waals surface area contributed by atoms with Gasteiger partial charge in [-0.15, -0.1) is 0 Å². The molecule has 0 bridgehead atoms. The van der Waals surface area contributed by atoms with Gasteiger partial charge in [0.05, 0.1) is 24.7 Å². The van der Waals surface area contributed by atoms with Crippen LogP contribution in [0.5, 0.6) is 5.75 Å². The van der Waals surface area contributed by atoms with E-state index in [1.807, 2.05) is 12.1 Å². The Kier molecular flexibility index (Phi) is 6.76. The molecule has 11 heteroatoms. The zero-order valence-electron chi connectivity index (χ0n) is 21.0. The largest absolute Gasteiger partial charge is 0.486 e. The summed E-state index contributed by atoms with van der Waals surface area (Å²) in [5.74, 6) is -0.890. The Bertz CT molecular complexity index is 1450. The van der Waals surface area contributed by atoms with Crippen LogP contribution in [0.4, 0.5) is 26.1 Å². The van der Waals surface area contributed by atoms with Gasteiger partial charge in [0.2, 0.25) is 16.0 Å². The van der Waals surface area contributed by atoms with Crippen LogP contribution in [0.1, 0.15) is 31.4 Å².